The monoisotopic (exact) mass is 406 g/mol. The topological polar surface area (TPSA) is 80.9 Å². The Morgan fingerprint density at radius 2 is 0.806 bits per heavy atom. The Balaban J connectivity index is 1.84. The highest BCUT2D eigenvalue weighted by atomic mass is 16.4. The van der Waals surface area contributed by atoms with E-state index in [1.54, 1.807) is 24.3 Å². The summed E-state index contributed by atoms with van der Waals surface area (Å²) in [6.45, 7) is 0. The number of rotatable bonds is 4. The summed E-state index contributed by atoms with van der Waals surface area (Å²) in [4.78, 5) is 0. The fraction of sp³-hybridized carbons (Fsp3) is 0.0400. The SMILES string of the molecule is OB(O)c1ccc(C2(c3ccc(B(O)O)cc3)c3ccccc3-c3ccccc32)cc1. The van der Waals surface area contributed by atoms with E-state index in [1.165, 1.54) is 0 Å². The number of fused-ring (bicyclic) bond motifs is 3. The van der Waals surface area contributed by atoms with E-state index in [2.05, 4.69) is 24.3 Å². The minimum Gasteiger partial charge on any atom is -0.423 e. The second-order valence-electron chi connectivity index (χ2n) is 7.83. The van der Waals surface area contributed by atoms with Crippen LogP contribution in [0.2, 0.25) is 0 Å². The first kappa shape index (κ1) is 19.8. The first-order valence-electron chi connectivity index (χ1n) is 10.2. The van der Waals surface area contributed by atoms with Gasteiger partial charge in [0.1, 0.15) is 0 Å². The Morgan fingerprint density at radius 3 is 1.16 bits per heavy atom. The highest BCUT2D eigenvalue weighted by Crippen LogP contribution is 2.55. The second kappa shape index (κ2) is 7.52. The molecule has 0 unspecified atom stereocenters. The number of benzene rings is 4. The van der Waals surface area contributed by atoms with Crippen molar-refractivity contribution >= 4 is 25.2 Å². The summed E-state index contributed by atoms with van der Waals surface area (Å²) in [6.07, 6.45) is 0. The molecule has 4 nitrogen and oxygen atoms in total. The van der Waals surface area contributed by atoms with Crippen LogP contribution in [0.5, 0.6) is 0 Å². The van der Waals surface area contributed by atoms with Crippen molar-refractivity contribution in [1.29, 1.82) is 0 Å². The maximum absolute atomic E-state index is 9.57. The first-order valence-corrected chi connectivity index (χ1v) is 10.2. The van der Waals surface area contributed by atoms with Crippen LogP contribution in [0.25, 0.3) is 11.1 Å². The average molecular weight is 406 g/mol. The van der Waals surface area contributed by atoms with Crippen LogP contribution in [-0.2, 0) is 5.41 Å². The van der Waals surface area contributed by atoms with Crippen LogP contribution in [0.15, 0.2) is 97.1 Å². The van der Waals surface area contributed by atoms with Crippen LogP contribution in [-0.4, -0.2) is 34.3 Å². The fourth-order valence-corrected chi connectivity index (χ4v) is 4.83. The molecule has 0 fully saturated rings. The third-order valence-electron chi connectivity index (χ3n) is 6.24. The van der Waals surface area contributed by atoms with E-state index < -0.39 is 19.7 Å². The van der Waals surface area contributed by atoms with Crippen molar-refractivity contribution in [1.82, 2.24) is 0 Å². The summed E-state index contributed by atoms with van der Waals surface area (Å²) in [5, 5.41) is 38.3. The van der Waals surface area contributed by atoms with Gasteiger partial charge in [-0.05, 0) is 44.3 Å². The van der Waals surface area contributed by atoms with Crippen molar-refractivity contribution in [2.75, 3.05) is 0 Å². The van der Waals surface area contributed by atoms with E-state index in [1.807, 2.05) is 48.5 Å². The first-order chi connectivity index (χ1) is 15.0. The minimum atomic E-state index is -1.53. The smallest absolute Gasteiger partial charge is 0.423 e. The third-order valence-corrected chi connectivity index (χ3v) is 6.24. The Bertz CT molecular complexity index is 1140. The summed E-state index contributed by atoms with van der Waals surface area (Å²) in [7, 11) is -3.06. The molecule has 0 spiro atoms. The third kappa shape index (κ3) is 2.96. The lowest BCUT2D eigenvalue weighted by molar-refractivity contribution is 0.424. The molecule has 1 aliphatic rings. The van der Waals surface area contributed by atoms with Gasteiger partial charge in [-0.1, -0.05) is 97.1 Å². The largest absolute Gasteiger partial charge is 0.488 e. The molecule has 0 atom stereocenters. The number of hydrogen-bond donors (Lipinski definition) is 4. The van der Waals surface area contributed by atoms with Gasteiger partial charge in [-0.15, -0.1) is 0 Å². The van der Waals surface area contributed by atoms with E-state index in [-0.39, 0.29) is 0 Å². The molecule has 0 saturated heterocycles. The van der Waals surface area contributed by atoms with Crippen molar-refractivity contribution < 1.29 is 20.1 Å². The van der Waals surface area contributed by atoms with Gasteiger partial charge in [0.05, 0.1) is 5.41 Å². The molecule has 0 heterocycles. The van der Waals surface area contributed by atoms with Crippen LogP contribution >= 0.6 is 0 Å². The summed E-state index contributed by atoms with van der Waals surface area (Å²) in [5.74, 6) is 0. The van der Waals surface area contributed by atoms with Gasteiger partial charge in [-0.3, -0.25) is 0 Å². The average Bonchev–Trinajstić information content (AvgIpc) is 3.11. The molecule has 0 radical (unpaired) electrons. The summed E-state index contributed by atoms with van der Waals surface area (Å²) in [6, 6.07) is 31.3. The van der Waals surface area contributed by atoms with Crippen LogP contribution in [0, 0.1) is 0 Å². The zero-order chi connectivity index (χ0) is 21.6. The highest BCUT2D eigenvalue weighted by Gasteiger charge is 2.45. The summed E-state index contributed by atoms with van der Waals surface area (Å²) < 4.78 is 0. The van der Waals surface area contributed by atoms with Gasteiger partial charge in [0.15, 0.2) is 0 Å². The van der Waals surface area contributed by atoms with Gasteiger partial charge in [0.25, 0.3) is 0 Å². The molecule has 5 rings (SSSR count). The van der Waals surface area contributed by atoms with Crippen molar-refractivity contribution in [3.63, 3.8) is 0 Å². The predicted octanol–water partition coefficient (Wildman–Crippen LogP) is 1.41. The van der Waals surface area contributed by atoms with Gasteiger partial charge in [-0.2, -0.15) is 0 Å². The molecule has 6 heteroatoms. The van der Waals surface area contributed by atoms with Gasteiger partial charge >= 0.3 is 14.2 Å². The molecule has 4 N–H and O–H groups in total. The molecular formula is C25H20B2O4. The minimum absolute atomic E-state index is 0.428. The van der Waals surface area contributed by atoms with E-state index in [0.29, 0.717) is 10.9 Å². The fourth-order valence-electron chi connectivity index (χ4n) is 4.83. The zero-order valence-corrected chi connectivity index (χ0v) is 16.7. The van der Waals surface area contributed by atoms with Crippen molar-refractivity contribution in [2.45, 2.75) is 5.41 Å². The Morgan fingerprint density at radius 1 is 0.452 bits per heavy atom. The molecule has 4 aromatic carbocycles. The molecule has 31 heavy (non-hydrogen) atoms. The molecule has 0 aromatic heterocycles. The molecule has 150 valence electrons. The summed E-state index contributed by atoms with van der Waals surface area (Å²) >= 11 is 0. The van der Waals surface area contributed by atoms with Gasteiger partial charge in [0, 0.05) is 0 Å². The van der Waals surface area contributed by atoms with Crippen molar-refractivity contribution in [3.05, 3.63) is 119 Å². The van der Waals surface area contributed by atoms with E-state index in [4.69, 9.17) is 0 Å². The molecule has 1 aliphatic carbocycles. The van der Waals surface area contributed by atoms with Gasteiger partial charge < -0.3 is 20.1 Å². The predicted molar refractivity (Wildman–Crippen MR) is 123 cm³/mol. The van der Waals surface area contributed by atoms with Crippen LogP contribution in [0.1, 0.15) is 22.3 Å². The molecule has 4 aromatic rings. The Kier molecular flexibility index (Phi) is 4.80. The number of hydrogen-bond acceptors (Lipinski definition) is 4. The maximum atomic E-state index is 9.57. The Hall–Kier alpha value is -3.15. The zero-order valence-electron chi connectivity index (χ0n) is 16.7. The molecule has 0 amide bonds. The van der Waals surface area contributed by atoms with E-state index >= 15 is 0 Å². The van der Waals surface area contributed by atoms with Crippen LogP contribution in [0.4, 0.5) is 0 Å². The lowest BCUT2D eigenvalue weighted by atomic mass is 9.66. The van der Waals surface area contributed by atoms with Crippen molar-refractivity contribution in [2.24, 2.45) is 0 Å². The van der Waals surface area contributed by atoms with Crippen LogP contribution in [0.3, 0.4) is 0 Å². The molecular weight excluding hydrogens is 386 g/mol. The normalized spacial score (nSPS) is 13.4. The van der Waals surface area contributed by atoms with E-state index in [0.717, 1.165) is 33.4 Å². The van der Waals surface area contributed by atoms with Crippen molar-refractivity contribution in [3.8, 4) is 11.1 Å². The summed E-state index contributed by atoms with van der Waals surface area (Å²) in [5.41, 5.74) is 6.78. The Labute approximate surface area is 181 Å². The van der Waals surface area contributed by atoms with Crippen LogP contribution < -0.4 is 10.9 Å². The maximum Gasteiger partial charge on any atom is 0.488 e. The lowest BCUT2D eigenvalue weighted by Gasteiger charge is -2.34. The molecule has 0 aliphatic heterocycles. The van der Waals surface area contributed by atoms with E-state index in [9.17, 15) is 20.1 Å². The quantitative estimate of drug-likeness (QED) is 0.341. The van der Waals surface area contributed by atoms with Gasteiger partial charge in [0.2, 0.25) is 0 Å². The molecule has 0 saturated carbocycles. The van der Waals surface area contributed by atoms with Gasteiger partial charge in [-0.25, -0.2) is 0 Å². The standard InChI is InChI=1S/C25H20B2O4/c28-26(29)19-13-9-17(10-14-19)25(18-11-15-20(16-12-18)27(30)31)23-7-3-1-5-21(23)22-6-2-4-8-24(22)25/h1-16,28-31H. The highest BCUT2D eigenvalue weighted by molar-refractivity contribution is 6.58. The lowest BCUT2D eigenvalue weighted by Crippen LogP contribution is -2.33. The second-order valence-corrected chi connectivity index (χ2v) is 7.83. The molecule has 0 bridgehead atoms.